The number of carbonyl (C=O) groups is 2. The summed E-state index contributed by atoms with van der Waals surface area (Å²) < 4.78 is 63.8. The highest BCUT2D eigenvalue weighted by Crippen LogP contribution is 2.32. The topological polar surface area (TPSA) is 108 Å². The van der Waals surface area contributed by atoms with Crippen molar-refractivity contribution in [3.8, 4) is 11.5 Å². The number of nitrogens with one attached hydrogen (secondary N) is 1. The van der Waals surface area contributed by atoms with E-state index in [1.165, 1.54) is 6.92 Å². The summed E-state index contributed by atoms with van der Waals surface area (Å²) in [6.45, 7) is 2.16. The molecule has 1 N–H and O–H groups in total. The highest BCUT2D eigenvalue weighted by atomic mass is 32.2. The van der Waals surface area contributed by atoms with Gasteiger partial charge in [-0.05, 0) is 43.3 Å². The number of alkyl halides is 2. The Hall–Kier alpha value is -3.21. The standard InChI is InChI=1S/C19H17F2NO7S/c1-11(17(23)22-13-4-7-15-16(10-13)28-9-8-27-15)29-18(24)12-2-5-14(6-3-12)30(25,26)19(20)21/h2-7,10-11,19H,8-9H2,1H3,(H,22,23)/t11-/m1/s1. The van der Waals surface area contributed by atoms with Gasteiger partial charge in [-0.2, -0.15) is 8.78 Å². The van der Waals surface area contributed by atoms with Crippen LogP contribution >= 0.6 is 0 Å². The van der Waals surface area contributed by atoms with E-state index in [2.05, 4.69) is 5.32 Å². The van der Waals surface area contributed by atoms with Gasteiger partial charge >= 0.3 is 11.7 Å². The minimum atomic E-state index is -4.77. The van der Waals surface area contributed by atoms with Crippen LogP contribution in [0.5, 0.6) is 11.5 Å². The van der Waals surface area contributed by atoms with Gasteiger partial charge in [-0.3, -0.25) is 4.79 Å². The molecule has 0 aliphatic carbocycles. The highest BCUT2D eigenvalue weighted by molar-refractivity contribution is 7.91. The van der Waals surface area contributed by atoms with Gasteiger partial charge in [-0.15, -0.1) is 0 Å². The molecule has 0 saturated carbocycles. The summed E-state index contributed by atoms with van der Waals surface area (Å²) in [5.41, 5.74) is 0.316. The average Bonchev–Trinajstić information content (AvgIpc) is 2.73. The summed E-state index contributed by atoms with van der Waals surface area (Å²) in [6.07, 6.45) is -1.19. The quantitative estimate of drug-likeness (QED) is 0.687. The number of rotatable bonds is 6. The third-order valence-corrected chi connectivity index (χ3v) is 5.51. The van der Waals surface area contributed by atoms with Crippen LogP contribution < -0.4 is 14.8 Å². The first-order valence-electron chi connectivity index (χ1n) is 8.72. The van der Waals surface area contributed by atoms with E-state index >= 15 is 0 Å². The Balaban J connectivity index is 1.61. The fourth-order valence-electron chi connectivity index (χ4n) is 2.53. The zero-order valence-electron chi connectivity index (χ0n) is 15.6. The molecule has 8 nitrogen and oxygen atoms in total. The maximum atomic E-state index is 12.6. The molecule has 2 aromatic rings. The number of ether oxygens (including phenoxy) is 3. The summed E-state index contributed by atoms with van der Waals surface area (Å²) in [6, 6.07) is 8.61. The predicted octanol–water partition coefficient (Wildman–Crippen LogP) is 2.64. The lowest BCUT2D eigenvalue weighted by Gasteiger charge is -2.19. The van der Waals surface area contributed by atoms with Crippen LogP contribution in [-0.2, 0) is 19.4 Å². The Morgan fingerprint density at radius 3 is 2.30 bits per heavy atom. The Kier molecular flexibility index (Phi) is 6.20. The molecule has 1 heterocycles. The van der Waals surface area contributed by atoms with Crippen molar-refractivity contribution >= 4 is 27.4 Å². The van der Waals surface area contributed by atoms with Gasteiger partial charge in [0, 0.05) is 11.8 Å². The van der Waals surface area contributed by atoms with Gasteiger partial charge < -0.3 is 19.5 Å². The van der Waals surface area contributed by atoms with Crippen molar-refractivity contribution in [3.63, 3.8) is 0 Å². The Bertz CT molecular complexity index is 1060. The molecule has 2 aromatic carbocycles. The van der Waals surface area contributed by atoms with Gasteiger partial charge in [0.05, 0.1) is 10.5 Å². The zero-order chi connectivity index (χ0) is 21.9. The molecule has 1 aliphatic heterocycles. The second-order valence-electron chi connectivity index (χ2n) is 6.23. The molecule has 1 amide bonds. The first kappa shape index (κ1) is 21.5. The largest absolute Gasteiger partial charge is 0.486 e. The minimum absolute atomic E-state index is 0.0952. The summed E-state index contributed by atoms with van der Waals surface area (Å²) in [7, 11) is -4.77. The number of hydrogen-bond acceptors (Lipinski definition) is 7. The molecule has 1 atom stereocenters. The normalized spacial score (nSPS) is 14.1. The fourth-order valence-corrected chi connectivity index (χ4v) is 3.25. The number of sulfone groups is 1. The molecule has 0 spiro atoms. The third kappa shape index (κ3) is 4.67. The number of hydrogen-bond donors (Lipinski definition) is 1. The number of benzene rings is 2. The maximum Gasteiger partial charge on any atom is 0.341 e. The van der Waals surface area contributed by atoms with Crippen molar-refractivity contribution in [2.24, 2.45) is 0 Å². The second kappa shape index (κ2) is 8.66. The zero-order valence-corrected chi connectivity index (χ0v) is 16.4. The number of carbonyl (C=O) groups excluding carboxylic acids is 2. The molecule has 0 fully saturated rings. The predicted molar refractivity (Wildman–Crippen MR) is 101 cm³/mol. The summed E-state index contributed by atoms with van der Waals surface area (Å²) >= 11 is 0. The second-order valence-corrected chi connectivity index (χ2v) is 8.14. The van der Waals surface area contributed by atoms with Crippen LogP contribution in [0.15, 0.2) is 47.4 Å². The Morgan fingerprint density at radius 1 is 1.03 bits per heavy atom. The van der Waals surface area contributed by atoms with Gasteiger partial charge in [0.2, 0.25) is 9.84 Å². The Labute approximate surface area is 170 Å². The molecule has 1 aliphatic rings. The van der Waals surface area contributed by atoms with Crippen LogP contribution in [0.3, 0.4) is 0 Å². The van der Waals surface area contributed by atoms with Crippen molar-refractivity contribution < 1.29 is 41.0 Å². The van der Waals surface area contributed by atoms with Crippen molar-refractivity contribution in [1.82, 2.24) is 0 Å². The minimum Gasteiger partial charge on any atom is -0.486 e. The molecule has 0 bridgehead atoms. The van der Waals surface area contributed by atoms with E-state index in [4.69, 9.17) is 14.2 Å². The molecule has 3 rings (SSSR count). The number of halogens is 2. The Morgan fingerprint density at radius 2 is 1.67 bits per heavy atom. The van der Waals surface area contributed by atoms with Crippen molar-refractivity contribution in [3.05, 3.63) is 48.0 Å². The molecular weight excluding hydrogens is 424 g/mol. The maximum absolute atomic E-state index is 12.6. The van der Waals surface area contributed by atoms with Gasteiger partial charge in [-0.1, -0.05) is 0 Å². The van der Waals surface area contributed by atoms with Gasteiger partial charge in [-0.25, -0.2) is 13.2 Å². The fraction of sp³-hybridized carbons (Fsp3) is 0.263. The molecule has 30 heavy (non-hydrogen) atoms. The third-order valence-electron chi connectivity index (χ3n) is 4.12. The highest BCUT2D eigenvalue weighted by Gasteiger charge is 2.27. The van der Waals surface area contributed by atoms with Gasteiger partial charge in [0.15, 0.2) is 17.6 Å². The molecule has 0 aromatic heterocycles. The number of esters is 1. The van der Waals surface area contributed by atoms with E-state index in [0.29, 0.717) is 30.4 Å². The monoisotopic (exact) mass is 441 g/mol. The van der Waals surface area contributed by atoms with E-state index in [-0.39, 0.29) is 5.56 Å². The van der Waals surface area contributed by atoms with E-state index in [1.807, 2.05) is 0 Å². The SMILES string of the molecule is C[C@@H](OC(=O)c1ccc(S(=O)(=O)C(F)F)cc1)C(=O)Nc1ccc2c(c1)OCCO2. The molecule has 11 heteroatoms. The van der Waals surface area contributed by atoms with Crippen LogP contribution in [-0.4, -0.2) is 45.4 Å². The molecule has 0 unspecified atom stereocenters. The van der Waals surface area contributed by atoms with Crippen LogP contribution in [0, 0.1) is 0 Å². The smallest absolute Gasteiger partial charge is 0.341 e. The molecule has 0 saturated heterocycles. The van der Waals surface area contributed by atoms with Crippen LogP contribution in [0.25, 0.3) is 0 Å². The van der Waals surface area contributed by atoms with Crippen LogP contribution in [0.1, 0.15) is 17.3 Å². The lowest BCUT2D eigenvalue weighted by molar-refractivity contribution is -0.123. The van der Waals surface area contributed by atoms with E-state index < -0.39 is 38.5 Å². The molecule has 160 valence electrons. The summed E-state index contributed by atoms with van der Waals surface area (Å²) in [4.78, 5) is 23.8. The molecule has 0 radical (unpaired) electrons. The first-order chi connectivity index (χ1) is 14.2. The van der Waals surface area contributed by atoms with Crippen molar-refractivity contribution in [2.75, 3.05) is 18.5 Å². The number of amides is 1. The van der Waals surface area contributed by atoms with Crippen molar-refractivity contribution in [2.45, 2.75) is 23.7 Å². The average molecular weight is 441 g/mol. The number of fused-ring (bicyclic) bond motifs is 1. The van der Waals surface area contributed by atoms with E-state index in [9.17, 15) is 26.8 Å². The lowest BCUT2D eigenvalue weighted by Crippen LogP contribution is -2.30. The van der Waals surface area contributed by atoms with Crippen LogP contribution in [0.4, 0.5) is 14.5 Å². The number of anilines is 1. The van der Waals surface area contributed by atoms with Crippen LogP contribution in [0.2, 0.25) is 0 Å². The molecular formula is C19H17F2NO7S. The van der Waals surface area contributed by atoms with E-state index in [1.54, 1.807) is 18.2 Å². The summed E-state index contributed by atoms with van der Waals surface area (Å²) in [5.74, 6) is -4.07. The van der Waals surface area contributed by atoms with Crippen molar-refractivity contribution in [1.29, 1.82) is 0 Å². The lowest BCUT2D eigenvalue weighted by atomic mass is 10.2. The van der Waals surface area contributed by atoms with Gasteiger partial charge in [0.25, 0.3) is 5.91 Å². The van der Waals surface area contributed by atoms with E-state index in [0.717, 1.165) is 24.3 Å². The van der Waals surface area contributed by atoms with Gasteiger partial charge in [0.1, 0.15) is 13.2 Å². The summed E-state index contributed by atoms with van der Waals surface area (Å²) in [5, 5.41) is 2.58. The first-order valence-corrected chi connectivity index (χ1v) is 10.3.